The molecule has 7 heteroatoms. The zero-order valence-electron chi connectivity index (χ0n) is 9.87. The number of nitrogen functional groups attached to an aromatic ring is 1. The maximum atomic E-state index is 13.4. The normalized spacial score (nSPS) is 10.3. The second-order valence-electron chi connectivity index (χ2n) is 3.66. The minimum absolute atomic E-state index is 0.170. The molecule has 0 fully saturated rings. The van der Waals surface area contributed by atoms with E-state index >= 15 is 0 Å². The Balaban J connectivity index is 2.21. The number of nitrogens with two attached hydrogens (primary N) is 1. The first kappa shape index (κ1) is 13.3. The molecule has 0 saturated carbocycles. The first-order valence-electron chi connectivity index (χ1n) is 5.19. The van der Waals surface area contributed by atoms with E-state index in [4.69, 9.17) is 10.5 Å². The Bertz CT molecular complexity index is 628. The van der Waals surface area contributed by atoms with E-state index in [1.165, 1.54) is 13.2 Å². The van der Waals surface area contributed by atoms with E-state index in [9.17, 15) is 13.6 Å². The van der Waals surface area contributed by atoms with Crippen molar-refractivity contribution in [3.8, 4) is 5.75 Å². The summed E-state index contributed by atoms with van der Waals surface area (Å²) in [5.41, 5.74) is 4.91. The number of carbonyl (C=O) groups is 1. The highest BCUT2D eigenvalue weighted by molar-refractivity contribution is 7.12. The number of benzene rings is 1. The Morgan fingerprint density at radius 1 is 1.32 bits per heavy atom. The number of hydrogen-bond donors (Lipinski definition) is 2. The van der Waals surface area contributed by atoms with Crippen molar-refractivity contribution >= 4 is 28.6 Å². The summed E-state index contributed by atoms with van der Waals surface area (Å²) in [7, 11) is 1.48. The molecule has 0 aliphatic carbocycles. The van der Waals surface area contributed by atoms with E-state index in [0.29, 0.717) is 16.7 Å². The Labute approximate surface area is 111 Å². The number of methoxy groups -OCH3 is 1. The molecular formula is C12H10F2N2O2S. The monoisotopic (exact) mass is 284 g/mol. The van der Waals surface area contributed by atoms with Crippen LogP contribution in [-0.2, 0) is 0 Å². The van der Waals surface area contributed by atoms with Gasteiger partial charge in [-0.15, -0.1) is 11.3 Å². The summed E-state index contributed by atoms with van der Waals surface area (Å²) < 4.78 is 31.4. The highest BCUT2D eigenvalue weighted by atomic mass is 32.1. The number of amides is 1. The Hall–Kier alpha value is -2.15. The fourth-order valence-corrected chi connectivity index (χ4v) is 2.14. The molecule has 0 atom stereocenters. The third-order valence-corrected chi connectivity index (χ3v) is 3.28. The number of rotatable bonds is 3. The number of halogens is 2. The average molecular weight is 284 g/mol. The van der Waals surface area contributed by atoms with Crippen LogP contribution in [0.25, 0.3) is 0 Å². The Morgan fingerprint density at radius 2 is 2.05 bits per heavy atom. The number of carbonyl (C=O) groups excluding carboxylic acids is 1. The lowest BCUT2D eigenvalue weighted by atomic mass is 10.2. The Kier molecular flexibility index (Phi) is 3.66. The van der Waals surface area contributed by atoms with Gasteiger partial charge in [-0.2, -0.15) is 0 Å². The molecule has 0 spiro atoms. The molecule has 4 nitrogen and oxygen atoms in total. The molecule has 0 saturated heterocycles. The Morgan fingerprint density at radius 3 is 2.68 bits per heavy atom. The fraction of sp³-hybridized carbons (Fsp3) is 0.0833. The van der Waals surface area contributed by atoms with Gasteiger partial charge in [-0.05, 0) is 6.07 Å². The summed E-state index contributed by atoms with van der Waals surface area (Å²) in [4.78, 5) is 12.2. The van der Waals surface area contributed by atoms with Crippen molar-refractivity contribution in [1.29, 1.82) is 0 Å². The lowest BCUT2D eigenvalue weighted by Gasteiger charge is -2.06. The number of anilines is 2. The third kappa shape index (κ3) is 2.82. The minimum atomic E-state index is -0.886. The van der Waals surface area contributed by atoms with Crippen LogP contribution in [0.4, 0.5) is 20.2 Å². The maximum absolute atomic E-state index is 13.4. The molecule has 1 heterocycles. The van der Waals surface area contributed by atoms with Gasteiger partial charge in [-0.25, -0.2) is 8.78 Å². The smallest absolute Gasteiger partial charge is 0.265 e. The highest BCUT2D eigenvalue weighted by Crippen LogP contribution is 2.25. The zero-order valence-corrected chi connectivity index (χ0v) is 10.7. The molecule has 0 aliphatic rings. The molecule has 3 N–H and O–H groups in total. The molecule has 0 bridgehead atoms. The van der Waals surface area contributed by atoms with Crippen LogP contribution in [0.1, 0.15) is 9.67 Å². The zero-order chi connectivity index (χ0) is 14.0. The van der Waals surface area contributed by atoms with Crippen molar-refractivity contribution in [2.75, 3.05) is 18.2 Å². The predicted molar refractivity (Wildman–Crippen MR) is 69.6 cm³/mol. The topological polar surface area (TPSA) is 64.3 Å². The molecule has 0 unspecified atom stereocenters. The van der Waals surface area contributed by atoms with Gasteiger partial charge < -0.3 is 15.8 Å². The molecule has 2 rings (SSSR count). The number of thiophene rings is 1. The molecule has 1 amide bonds. The van der Waals surface area contributed by atoms with Crippen LogP contribution in [-0.4, -0.2) is 13.0 Å². The largest absolute Gasteiger partial charge is 0.496 e. The van der Waals surface area contributed by atoms with Gasteiger partial charge in [0.2, 0.25) is 0 Å². The van der Waals surface area contributed by atoms with E-state index in [1.54, 1.807) is 5.38 Å². The van der Waals surface area contributed by atoms with Gasteiger partial charge in [0.15, 0.2) is 0 Å². The molecule has 1 aromatic heterocycles. The van der Waals surface area contributed by atoms with E-state index in [-0.39, 0.29) is 11.4 Å². The van der Waals surface area contributed by atoms with Crippen molar-refractivity contribution in [3.63, 3.8) is 0 Å². The standard InChI is InChI=1S/C12H10F2N2O2S/c1-18-6-2-11(19-5-6)12(17)16-10-4-9(15)7(13)3-8(10)14/h2-5H,15H2,1H3,(H,16,17). The van der Waals surface area contributed by atoms with Gasteiger partial charge in [0.05, 0.1) is 23.4 Å². The first-order chi connectivity index (χ1) is 9.01. The van der Waals surface area contributed by atoms with Crippen molar-refractivity contribution < 1.29 is 18.3 Å². The molecule has 100 valence electrons. The van der Waals surface area contributed by atoms with Gasteiger partial charge >= 0.3 is 0 Å². The van der Waals surface area contributed by atoms with Crippen LogP contribution in [0, 0.1) is 11.6 Å². The van der Waals surface area contributed by atoms with Crippen LogP contribution in [0.15, 0.2) is 23.6 Å². The molecule has 2 aromatic rings. The summed E-state index contributed by atoms with van der Waals surface area (Å²) in [6, 6.07) is 3.18. The molecule has 0 aliphatic heterocycles. The van der Waals surface area contributed by atoms with Crippen molar-refractivity contribution in [2.45, 2.75) is 0 Å². The predicted octanol–water partition coefficient (Wildman–Crippen LogP) is 2.87. The van der Waals surface area contributed by atoms with Gasteiger partial charge in [-0.3, -0.25) is 4.79 Å². The van der Waals surface area contributed by atoms with Crippen molar-refractivity contribution in [3.05, 3.63) is 40.1 Å². The van der Waals surface area contributed by atoms with Gasteiger partial charge in [-0.1, -0.05) is 0 Å². The molecule has 0 radical (unpaired) electrons. The maximum Gasteiger partial charge on any atom is 0.265 e. The van der Waals surface area contributed by atoms with E-state index in [2.05, 4.69) is 5.32 Å². The molecule has 19 heavy (non-hydrogen) atoms. The molecular weight excluding hydrogens is 274 g/mol. The summed E-state index contributed by atoms with van der Waals surface area (Å²) in [6.07, 6.45) is 0. The third-order valence-electron chi connectivity index (χ3n) is 2.37. The van der Waals surface area contributed by atoms with E-state index < -0.39 is 17.5 Å². The quantitative estimate of drug-likeness (QED) is 0.852. The van der Waals surface area contributed by atoms with Crippen molar-refractivity contribution in [2.24, 2.45) is 0 Å². The van der Waals surface area contributed by atoms with E-state index in [0.717, 1.165) is 17.4 Å². The van der Waals surface area contributed by atoms with Crippen LogP contribution < -0.4 is 15.8 Å². The summed E-state index contributed by atoms with van der Waals surface area (Å²) in [5, 5.41) is 3.97. The van der Waals surface area contributed by atoms with Crippen LogP contribution in [0.5, 0.6) is 5.75 Å². The SMILES string of the molecule is COc1csc(C(=O)Nc2cc(N)c(F)cc2F)c1. The lowest BCUT2D eigenvalue weighted by molar-refractivity contribution is 0.103. The second kappa shape index (κ2) is 5.23. The van der Waals surface area contributed by atoms with Crippen LogP contribution in [0.3, 0.4) is 0 Å². The van der Waals surface area contributed by atoms with Gasteiger partial charge in [0, 0.05) is 17.5 Å². The first-order valence-corrected chi connectivity index (χ1v) is 6.07. The lowest BCUT2D eigenvalue weighted by Crippen LogP contribution is -2.12. The number of ether oxygens (including phenoxy) is 1. The van der Waals surface area contributed by atoms with E-state index in [1.807, 2.05) is 0 Å². The van der Waals surface area contributed by atoms with Crippen LogP contribution in [0.2, 0.25) is 0 Å². The van der Waals surface area contributed by atoms with Gasteiger partial charge in [0.1, 0.15) is 17.4 Å². The van der Waals surface area contributed by atoms with Crippen molar-refractivity contribution in [1.82, 2.24) is 0 Å². The average Bonchev–Trinajstić information content (AvgIpc) is 2.84. The fourth-order valence-electron chi connectivity index (χ4n) is 1.39. The minimum Gasteiger partial charge on any atom is -0.496 e. The van der Waals surface area contributed by atoms with Crippen LogP contribution >= 0.6 is 11.3 Å². The summed E-state index contributed by atoms with van der Waals surface area (Å²) in [6.45, 7) is 0. The van der Waals surface area contributed by atoms with Gasteiger partial charge in [0.25, 0.3) is 5.91 Å². The second-order valence-corrected chi connectivity index (χ2v) is 4.57. The highest BCUT2D eigenvalue weighted by Gasteiger charge is 2.14. The number of nitrogens with one attached hydrogen (secondary N) is 1. The number of hydrogen-bond acceptors (Lipinski definition) is 4. The molecule has 1 aromatic carbocycles. The summed E-state index contributed by atoms with van der Waals surface area (Å²) >= 11 is 1.15. The summed E-state index contributed by atoms with van der Waals surface area (Å²) in [5.74, 6) is -1.73.